The van der Waals surface area contributed by atoms with E-state index in [1.165, 1.54) is 0 Å². The lowest BCUT2D eigenvalue weighted by Crippen LogP contribution is -2.46. The lowest BCUT2D eigenvalue weighted by atomic mass is 9.85. The summed E-state index contributed by atoms with van der Waals surface area (Å²) in [6.45, 7) is 3.19. The number of rotatable bonds is 6. The molecule has 2 unspecified atom stereocenters. The van der Waals surface area contributed by atoms with Crippen LogP contribution in [-0.2, 0) is 6.42 Å². The van der Waals surface area contributed by atoms with Crippen LogP contribution < -0.4 is 10.6 Å². The second-order valence-corrected chi connectivity index (χ2v) is 6.78. The van der Waals surface area contributed by atoms with Crippen LogP contribution in [0.3, 0.4) is 0 Å². The molecule has 1 saturated carbocycles. The minimum Gasteiger partial charge on any atom is -0.508 e. The monoisotopic (exact) mass is 371 g/mol. The highest BCUT2D eigenvalue weighted by Crippen LogP contribution is 2.37. The number of hydrogen-bond acceptors (Lipinski definition) is 2. The zero-order valence-electron chi connectivity index (χ0n) is 15.1. The molecule has 0 amide bonds. The number of nitrogens with one attached hydrogen (secondary N) is 2. The maximum atomic E-state index is 12.9. The van der Waals surface area contributed by atoms with Gasteiger partial charge in [-0.05, 0) is 56.7 Å². The number of nitrogens with zero attached hydrogens (tertiary/aromatic N) is 1. The third-order valence-corrected chi connectivity index (χ3v) is 4.65. The van der Waals surface area contributed by atoms with Gasteiger partial charge in [0.05, 0.1) is 5.92 Å². The van der Waals surface area contributed by atoms with E-state index in [4.69, 9.17) is 0 Å². The van der Waals surface area contributed by atoms with Gasteiger partial charge in [0, 0.05) is 19.1 Å². The van der Waals surface area contributed by atoms with Crippen LogP contribution in [0.2, 0.25) is 0 Å². The largest absolute Gasteiger partial charge is 0.508 e. The van der Waals surface area contributed by atoms with E-state index < -0.39 is 12.1 Å². The Kier molecular flexibility index (Phi) is 7.60. The van der Waals surface area contributed by atoms with E-state index >= 15 is 0 Å². The van der Waals surface area contributed by atoms with Crippen molar-refractivity contribution in [3.8, 4) is 5.75 Å². The second-order valence-electron chi connectivity index (χ2n) is 6.78. The van der Waals surface area contributed by atoms with Crippen molar-refractivity contribution in [3.05, 3.63) is 29.8 Å². The Hall–Kier alpha value is -1.92. The van der Waals surface area contributed by atoms with Crippen LogP contribution >= 0.6 is 0 Å². The molecule has 2 rings (SSSR count). The number of phenolic OH excluding ortho intramolecular Hbond substituents is 1. The molecule has 2 atom stereocenters. The minimum atomic E-state index is -4.11. The summed E-state index contributed by atoms with van der Waals surface area (Å²) in [6.07, 6.45) is -0.782. The van der Waals surface area contributed by atoms with Crippen molar-refractivity contribution in [1.29, 1.82) is 0 Å². The van der Waals surface area contributed by atoms with E-state index in [0.29, 0.717) is 25.5 Å². The third kappa shape index (κ3) is 6.77. The number of guanidine groups is 1. The molecule has 1 aliphatic carbocycles. The van der Waals surface area contributed by atoms with Crippen molar-refractivity contribution in [1.82, 2.24) is 10.6 Å². The van der Waals surface area contributed by atoms with Crippen LogP contribution in [0, 0.1) is 5.92 Å². The maximum Gasteiger partial charge on any atom is 0.391 e. The van der Waals surface area contributed by atoms with Gasteiger partial charge in [-0.25, -0.2) is 0 Å². The molecule has 1 aromatic carbocycles. The molecular weight excluding hydrogens is 343 g/mol. The normalized spacial score (nSPS) is 21.5. The van der Waals surface area contributed by atoms with Crippen molar-refractivity contribution in [2.24, 2.45) is 10.9 Å². The first-order valence-electron chi connectivity index (χ1n) is 9.28. The van der Waals surface area contributed by atoms with Gasteiger partial charge < -0.3 is 15.7 Å². The quantitative estimate of drug-likeness (QED) is 0.402. The topological polar surface area (TPSA) is 56.7 Å². The van der Waals surface area contributed by atoms with E-state index in [0.717, 1.165) is 24.8 Å². The molecule has 0 radical (unpaired) electrons. The minimum absolute atomic E-state index is 0.113. The van der Waals surface area contributed by atoms with E-state index in [1.807, 2.05) is 19.1 Å². The van der Waals surface area contributed by atoms with E-state index in [2.05, 4.69) is 15.6 Å². The summed E-state index contributed by atoms with van der Waals surface area (Å²) >= 11 is 0. The van der Waals surface area contributed by atoms with Gasteiger partial charge in [-0.3, -0.25) is 4.99 Å². The Morgan fingerprint density at radius 2 is 1.96 bits per heavy atom. The lowest BCUT2D eigenvalue weighted by Gasteiger charge is -2.31. The molecule has 26 heavy (non-hydrogen) atoms. The molecule has 1 aromatic rings. The Bertz CT molecular complexity index is 572. The van der Waals surface area contributed by atoms with Crippen LogP contribution in [0.4, 0.5) is 13.2 Å². The summed E-state index contributed by atoms with van der Waals surface area (Å²) < 4.78 is 38.8. The van der Waals surface area contributed by atoms with E-state index in [-0.39, 0.29) is 24.6 Å². The van der Waals surface area contributed by atoms with Crippen LogP contribution in [0.15, 0.2) is 29.3 Å². The number of aryl methyl sites for hydroxylation is 1. The van der Waals surface area contributed by atoms with Gasteiger partial charge in [0.15, 0.2) is 5.96 Å². The molecule has 3 N–H and O–H groups in total. The van der Waals surface area contributed by atoms with Crippen molar-refractivity contribution >= 4 is 5.96 Å². The predicted molar refractivity (Wildman–Crippen MR) is 97.3 cm³/mol. The number of hydrogen-bond donors (Lipinski definition) is 3. The van der Waals surface area contributed by atoms with Gasteiger partial charge in [-0.2, -0.15) is 13.2 Å². The molecule has 0 saturated heterocycles. The number of phenols is 1. The van der Waals surface area contributed by atoms with Gasteiger partial charge in [0.2, 0.25) is 0 Å². The first kappa shape index (κ1) is 20.4. The molecule has 0 bridgehead atoms. The summed E-state index contributed by atoms with van der Waals surface area (Å²) in [5, 5.41) is 15.6. The van der Waals surface area contributed by atoms with Gasteiger partial charge in [0.1, 0.15) is 5.75 Å². The first-order chi connectivity index (χ1) is 12.4. The number of aliphatic imine (C=N–C) groups is 1. The lowest BCUT2D eigenvalue weighted by molar-refractivity contribution is -0.183. The highest BCUT2D eigenvalue weighted by molar-refractivity contribution is 5.80. The molecule has 1 aliphatic rings. The molecule has 0 aliphatic heterocycles. The number of halogens is 3. The smallest absolute Gasteiger partial charge is 0.391 e. The molecule has 146 valence electrons. The van der Waals surface area contributed by atoms with Crippen LogP contribution in [-0.4, -0.2) is 36.4 Å². The molecule has 7 heteroatoms. The van der Waals surface area contributed by atoms with E-state index in [1.54, 1.807) is 12.1 Å². The van der Waals surface area contributed by atoms with Crippen LogP contribution in [0.25, 0.3) is 0 Å². The fourth-order valence-electron chi connectivity index (χ4n) is 3.27. The third-order valence-electron chi connectivity index (χ3n) is 4.65. The van der Waals surface area contributed by atoms with E-state index in [9.17, 15) is 18.3 Å². The average Bonchev–Trinajstić information content (AvgIpc) is 2.60. The molecule has 0 heterocycles. The molecule has 0 aromatic heterocycles. The molecule has 4 nitrogen and oxygen atoms in total. The first-order valence-corrected chi connectivity index (χ1v) is 9.28. The molecule has 0 spiro atoms. The zero-order valence-corrected chi connectivity index (χ0v) is 15.1. The van der Waals surface area contributed by atoms with Gasteiger partial charge in [-0.1, -0.05) is 18.6 Å². The second kappa shape index (κ2) is 9.69. The summed E-state index contributed by atoms with van der Waals surface area (Å²) in [4.78, 5) is 4.49. The fraction of sp³-hybridized carbons (Fsp3) is 0.632. The van der Waals surface area contributed by atoms with Crippen molar-refractivity contribution < 1.29 is 18.3 Å². The summed E-state index contributed by atoms with van der Waals surface area (Å²) in [5.41, 5.74) is 1.12. The number of aromatic hydroxyl groups is 1. The average molecular weight is 371 g/mol. The molecular formula is C19H28F3N3O. The predicted octanol–water partition coefficient (Wildman–Crippen LogP) is 4.00. The Morgan fingerprint density at radius 1 is 1.23 bits per heavy atom. The van der Waals surface area contributed by atoms with Crippen molar-refractivity contribution in [2.75, 3.05) is 13.1 Å². The Balaban J connectivity index is 1.82. The fourth-order valence-corrected chi connectivity index (χ4v) is 3.27. The standard InChI is InChI=1S/C19H28F3N3O/c1-2-23-18(24-12-4-5-14-8-10-17(26)11-9-14)25-16-7-3-6-15(13-16)19(20,21)22/h8-11,15-16,26H,2-7,12-13H2,1H3,(H2,23,24,25). The Labute approximate surface area is 152 Å². The van der Waals surface area contributed by atoms with Crippen molar-refractivity contribution in [2.45, 2.75) is 57.7 Å². The number of alkyl halides is 3. The van der Waals surface area contributed by atoms with Crippen LogP contribution in [0.5, 0.6) is 5.75 Å². The van der Waals surface area contributed by atoms with Crippen molar-refractivity contribution in [3.63, 3.8) is 0 Å². The summed E-state index contributed by atoms with van der Waals surface area (Å²) in [6, 6.07) is 6.88. The highest BCUT2D eigenvalue weighted by Gasteiger charge is 2.42. The summed E-state index contributed by atoms with van der Waals surface area (Å²) in [7, 11) is 0. The SMILES string of the molecule is CCNC(=NCCCc1ccc(O)cc1)NC1CCCC(C(F)(F)F)C1. The summed E-state index contributed by atoms with van der Waals surface area (Å²) in [5.74, 6) is -0.382. The van der Waals surface area contributed by atoms with Gasteiger partial charge >= 0.3 is 6.18 Å². The van der Waals surface area contributed by atoms with Crippen LogP contribution in [0.1, 0.15) is 44.6 Å². The maximum absolute atomic E-state index is 12.9. The zero-order chi connectivity index (χ0) is 19.0. The Morgan fingerprint density at radius 3 is 2.62 bits per heavy atom. The highest BCUT2D eigenvalue weighted by atomic mass is 19.4. The number of benzene rings is 1. The van der Waals surface area contributed by atoms with Gasteiger partial charge in [0.25, 0.3) is 0 Å². The van der Waals surface area contributed by atoms with Gasteiger partial charge in [-0.15, -0.1) is 0 Å². The molecule has 1 fully saturated rings.